The number of halogens is 1. The van der Waals surface area contributed by atoms with Crippen molar-refractivity contribution in [3.05, 3.63) is 69.8 Å². The molecule has 140 valence electrons. The highest BCUT2D eigenvalue weighted by Gasteiger charge is 2.14. The number of nitrogens with one attached hydrogen (secondary N) is 2. The van der Waals surface area contributed by atoms with Crippen molar-refractivity contribution in [3.63, 3.8) is 0 Å². The first-order valence-electron chi connectivity index (χ1n) is 7.80. The summed E-state index contributed by atoms with van der Waals surface area (Å²) in [5, 5.41) is 15.3. The van der Waals surface area contributed by atoms with Crippen LogP contribution in [-0.2, 0) is 9.59 Å². The van der Waals surface area contributed by atoms with Crippen LogP contribution in [0.5, 0.6) is 5.75 Å². The molecule has 0 aliphatic rings. The molecule has 0 saturated heterocycles. The van der Waals surface area contributed by atoms with Crippen LogP contribution in [0.15, 0.2) is 58.7 Å². The second-order valence-electron chi connectivity index (χ2n) is 5.35. The smallest absolute Gasteiger partial charge is 0.268 e. The summed E-state index contributed by atoms with van der Waals surface area (Å²) in [5.74, 6) is -2.06. The summed E-state index contributed by atoms with van der Waals surface area (Å²) in [6.45, 7) is -0.674. The average Bonchev–Trinajstić information content (AvgIpc) is 2.66. The minimum absolute atomic E-state index is 0.102. The van der Waals surface area contributed by atoms with Gasteiger partial charge in [0.2, 0.25) is 0 Å². The first kappa shape index (κ1) is 20.2. The lowest BCUT2D eigenvalue weighted by Crippen LogP contribution is -2.41. The molecule has 0 spiro atoms. The third-order valence-corrected chi connectivity index (χ3v) is 3.95. The van der Waals surface area contributed by atoms with E-state index in [0.717, 1.165) is 4.47 Å². The Bertz CT molecular complexity index is 861. The van der Waals surface area contributed by atoms with Crippen molar-refractivity contribution in [3.8, 4) is 5.75 Å². The van der Waals surface area contributed by atoms with E-state index in [4.69, 9.17) is 4.74 Å². The molecular formula is C19H16BrN2O5-. The third-order valence-electron chi connectivity index (χ3n) is 3.42. The molecule has 0 radical (unpaired) electrons. The molecule has 0 atom stereocenters. The number of rotatable bonds is 7. The molecule has 0 aliphatic heterocycles. The molecule has 0 heterocycles. The predicted molar refractivity (Wildman–Crippen MR) is 101 cm³/mol. The largest absolute Gasteiger partial charge is 0.548 e. The molecule has 0 fully saturated rings. The van der Waals surface area contributed by atoms with Crippen LogP contribution in [0.4, 0.5) is 0 Å². The Balaban J connectivity index is 2.26. The molecule has 7 nitrogen and oxygen atoms in total. The first-order valence-corrected chi connectivity index (χ1v) is 8.59. The van der Waals surface area contributed by atoms with Gasteiger partial charge in [0.05, 0.1) is 19.6 Å². The van der Waals surface area contributed by atoms with Crippen molar-refractivity contribution >= 4 is 39.8 Å². The summed E-state index contributed by atoms with van der Waals surface area (Å²) >= 11 is 3.28. The number of hydrogen-bond donors (Lipinski definition) is 2. The van der Waals surface area contributed by atoms with Crippen molar-refractivity contribution in [2.75, 3.05) is 13.7 Å². The second kappa shape index (κ2) is 9.54. The highest BCUT2D eigenvalue weighted by atomic mass is 79.9. The quantitative estimate of drug-likeness (QED) is 0.638. The van der Waals surface area contributed by atoms with Gasteiger partial charge in [-0.05, 0) is 48.0 Å². The van der Waals surface area contributed by atoms with Gasteiger partial charge in [0.1, 0.15) is 11.4 Å². The van der Waals surface area contributed by atoms with Crippen LogP contribution in [0, 0.1) is 0 Å². The lowest BCUT2D eigenvalue weighted by molar-refractivity contribution is -0.303. The van der Waals surface area contributed by atoms with Gasteiger partial charge in [0.25, 0.3) is 11.8 Å². The average molecular weight is 432 g/mol. The molecule has 2 rings (SSSR count). The van der Waals surface area contributed by atoms with E-state index in [1.807, 2.05) is 0 Å². The van der Waals surface area contributed by atoms with E-state index in [2.05, 4.69) is 26.6 Å². The zero-order valence-electron chi connectivity index (χ0n) is 14.3. The Morgan fingerprint density at radius 2 is 1.70 bits per heavy atom. The minimum atomic E-state index is -1.44. The van der Waals surface area contributed by atoms with Gasteiger partial charge in [-0.3, -0.25) is 9.59 Å². The van der Waals surface area contributed by atoms with Crippen LogP contribution in [0.25, 0.3) is 6.08 Å². The minimum Gasteiger partial charge on any atom is -0.548 e. The molecule has 0 aromatic heterocycles. The maximum atomic E-state index is 12.4. The number of carbonyl (C=O) groups is 3. The monoisotopic (exact) mass is 431 g/mol. The van der Waals surface area contributed by atoms with Crippen molar-refractivity contribution in [1.29, 1.82) is 0 Å². The van der Waals surface area contributed by atoms with Gasteiger partial charge < -0.3 is 25.3 Å². The van der Waals surface area contributed by atoms with Crippen LogP contribution in [0.1, 0.15) is 15.9 Å². The van der Waals surface area contributed by atoms with E-state index in [1.165, 1.54) is 13.2 Å². The molecule has 2 amide bonds. The Hall–Kier alpha value is -3.13. The Morgan fingerprint density at radius 1 is 1.07 bits per heavy atom. The van der Waals surface area contributed by atoms with Crippen LogP contribution >= 0.6 is 15.9 Å². The van der Waals surface area contributed by atoms with Crippen molar-refractivity contribution in [1.82, 2.24) is 10.6 Å². The van der Waals surface area contributed by atoms with Crippen LogP contribution in [0.2, 0.25) is 0 Å². The third kappa shape index (κ3) is 6.27. The summed E-state index contributed by atoms with van der Waals surface area (Å²) in [7, 11) is 1.53. The molecule has 8 heteroatoms. The van der Waals surface area contributed by atoms with E-state index in [9.17, 15) is 19.5 Å². The predicted octanol–water partition coefficient (Wildman–Crippen LogP) is 1.09. The normalized spacial score (nSPS) is 10.8. The topological polar surface area (TPSA) is 108 Å². The van der Waals surface area contributed by atoms with Crippen LogP contribution < -0.4 is 20.5 Å². The molecule has 0 saturated carbocycles. The number of amides is 2. The van der Waals surface area contributed by atoms with E-state index < -0.39 is 24.3 Å². The maximum absolute atomic E-state index is 12.4. The molecule has 2 aromatic rings. The van der Waals surface area contributed by atoms with E-state index in [-0.39, 0.29) is 5.70 Å². The number of methoxy groups -OCH3 is 1. The van der Waals surface area contributed by atoms with Gasteiger partial charge >= 0.3 is 0 Å². The fourth-order valence-electron chi connectivity index (χ4n) is 2.07. The highest BCUT2D eigenvalue weighted by molar-refractivity contribution is 9.10. The Morgan fingerprint density at radius 3 is 2.26 bits per heavy atom. The van der Waals surface area contributed by atoms with Gasteiger partial charge in [-0.15, -0.1) is 0 Å². The molecule has 27 heavy (non-hydrogen) atoms. The summed E-state index contributed by atoms with van der Waals surface area (Å²) in [4.78, 5) is 35.3. The molecule has 0 unspecified atom stereocenters. The SMILES string of the molecule is COc1ccc(/C=C(\NC(=O)c2ccc(Br)cc2)C(=O)NCC(=O)[O-])cc1. The first-order chi connectivity index (χ1) is 12.9. The van der Waals surface area contributed by atoms with Gasteiger partial charge in [-0.1, -0.05) is 28.1 Å². The Labute approximate surface area is 164 Å². The number of ether oxygens (including phenoxy) is 1. The molecule has 2 aromatic carbocycles. The van der Waals surface area contributed by atoms with E-state index in [1.54, 1.807) is 48.5 Å². The second-order valence-corrected chi connectivity index (χ2v) is 6.26. The van der Waals surface area contributed by atoms with Crippen LogP contribution in [0.3, 0.4) is 0 Å². The number of carboxylic acids is 1. The number of hydrogen-bond acceptors (Lipinski definition) is 5. The standard InChI is InChI=1S/C19H17BrN2O5/c1-27-15-8-2-12(3-9-15)10-16(19(26)21-11-17(23)24)22-18(25)13-4-6-14(20)7-5-13/h2-10H,11H2,1H3,(H,21,26)(H,22,25)(H,23,24)/p-1/b16-10-. The number of benzene rings is 2. The molecule has 2 N–H and O–H groups in total. The van der Waals surface area contributed by atoms with E-state index >= 15 is 0 Å². The number of aliphatic carboxylic acids is 1. The van der Waals surface area contributed by atoms with Crippen LogP contribution in [-0.4, -0.2) is 31.4 Å². The van der Waals surface area contributed by atoms with Gasteiger partial charge in [0.15, 0.2) is 0 Å². The zero-order chi connectivity index (χ0) is 19.8. The number of carbonyl (C=O) groups excluding carboxylic acids is 3. The summed E-state index contributed by atoms with van der Waals surface area (Å²) in [6.07, 6.45) is 1.43. The lowest BCUT2D eigenvalue weighted by Gasteiger charge is -2.12. The van der Waals surface area contributed by atoms with Crippen molar-refractivity contribution in [2.45, 2.75) is 0 Å². The fraction of sp³-hybridized carbons (Fsp3) is 0.105. The fourth-order valence-corrected chi connectivity index (χ4v) is 2.33. The van der Waals surface area contributed by atoms with E-state index in [0.29, 0.717) is 16.9 Å². The highest BCUT2D eigenvalue weighted by Crippen LogP contribution is 2.14. The summed E-state index contributed by atoms with van der Waals surface area (Å²) in [5.41, 5.74) is 0.853. The lowest BCUT2D eigenvalue weighted by atomic mass is 10.1. The van der Waals surface area contributed by atoms with Gasteiger partial charge in [-0.25, -0.2) is 0 Å². The molecular weight excluding hydrogens is 416 g/mol. The van der Waals surface area contributed by atoms with Crippen molar-refractivity contribution < 1.29 is 24.2 Å². The molecule has 0 aliphatic carbocycles. The maximum Gasteiger partial charge on any atom is 0.268 e. The van der Waals surface area contributed by atoms with Gasteiger partial charge in [0, 0.05) is 10.0 Å². The zero-order valence-corrected chi connectivity index (χ0v) is 15.9. The Kier molecular flexibility index (Phi) is 7.13. The molecule has 0 bridgehead atoms. The summed E-state index contributed by atoms with van der Waals surface area (Å²) < 4.78 is 5.88. The number of carboxylic acid groups (broad SMARTS) is 1. The van der Waals surface area contributed by atoms with Gasteiger partial charge in [-0.2, -0.15) is 0 Å². The van der Waals surface area contributed by atoms with Crippen molar-refractivity contribution in [2.24, 2.45) is 0 Å². The summed E-state index contributed by atoms with van der Waals surface area (Å²) in [6, 6.07) is 13.3.